The number of nitrogens with zero attached hydrogens (tertiary/aromatic N) is 3. The maximum absolute atomic E-state index is 9.46. The van der Waals surface area contributed by atoms with E-state index in [1.54, 1.807) is 6.07 Å². The SMILES string of the molecule is On1onc2c3cc(-c4ccccc4)nc3ccc21. The Balaban J connectivity index is 2.04. The highest BCUT2D eigenvalue weighted by Gasteiger charge is 2.12. The summed E-state index contributed by atoms with van der Waals surface area (Å²) in [6.07, 6.45) is 0. The maximum Gasteiger partial charge on any atom is 0.150 e. The zero-order chi connectivity index (χ0) is 12.8. The van der Waals surface area contributed by atoms with Gasteiger partial charge in [-0.1, -0.05) is 30.3 Å². The fraction of sp³-hybridized carbons (Fsp3) is 0. The normalized spacial score (nSPS) is 11.4. The van der Waals surface area contributed by atoms with Crippen molar-refractivity contribution >= 4 is 21.9 Å². The van der Waals surface area contributed by atoms with Gasteiger partial charge in [0.2, 0.25) is 0 Å². The van der Waals surface area contributed by atoms with E-state index in [9.17, 15) is 5.21 Å². The van der Waals surface area contributed by atoms with E-state index in [1.165, 1.54) is 0 Å². The second kappa shape index (κ2) is 3.58. The monoisotopic (exact) mass is 251 g/mol. The molecule has 0 aliphatic heterocycles. The number of benzene rings is 2. The van der Waals surface area contributed by atoms with E-state index in [0.29, 0.717) is 15.9 Å². The van der Waals surface area contributed by atoms with Crippen LogP contribution in [0.1, 0.15) is 0 Å². The first kappa shape index (κ1) is 10.1. The molecule has 0 saturated heterocycles. The molecule has 1 N–H and O–H groups in total. The van der Waals surface area contributed by atoms with Gasteiger partial charge in [-0.2, -0.15) is 0 Å². The van der Waals surface area contributed by atoms with Crippen molar-refractivity contribution in [1.29, 1.82) is 0 Å². The molecule has 0 amide bonds. The van der Waals surface area contributed by atoms with E-state index in [2.05, 4.69) is 10.1 Å². The maximum atomic E-state index is 9.46. The molecule has 0 unspecified atom stereocenters. The van der Waals surface area contributed by atoms with Crippen molar-refractivity contribution < 1.29 is 9.84 Å². The van der Waals surface area contributed by atoms with Crippen molar-refractivity contribution in [2.75, 3.05) is 0 Å². The quantitative estimate of drug-likeness (QED) is 0.528. The summed E-state index contributed by atoms with van der Waals surface area (Å²) in [5, 5.41) is 14.2. The van der Waals surface area contributed by atoms with E-state index in [0.717, 1.165) is 22.2 Å². The van der Waals surface area contributed by atoms with Gasteiger partial charge in [-0.25, -0.2) is 9.61 Å². The molecule has 2 aromatic carbocycles. The molecule has 0 radical (unpaired) electrons. The molecule has 2 aromatic heterocycles. The smallest absolute Gasteiger partial charge is 0.150 e. The summed E-state index contributed by atoms with van der Waals surface area (Å²) < 4.78 is 4.73. The summed E-state index contributed by atoms with van der Waals surface area (Å²) in [6.45, 7) is 0. The summed E-state index contributed by atoms with van der Waals surface area (Å²) in [7, 11) is 0. The first-order valence-corrected chi connectivity index (χ1v) is 5.86. The number of rotatable bonds is 1. The van der Waals surface area contributed by atoms with E-state index in [-0.39, 0.29) is 0 Å². The molecule has 4 rings (SSSR count). The molecular weight excluding hydrogens is 242 g/mol. The third-order valence-electron chi connectivity index (χ3n) is 3.18. The lowest BCUT2D eigenvalue weighted by atomic mass is 10.1. The average Bonchev–Trinajstić information content (AvgIpc) is 3.03. The van der Waals surface area contributed by atoms with Gasteiger partial charge in [-0.15, -0.1) is 0 Å². The standard InChI is InChI=1S/C14H9N3O2/c18-17-13-7-6-11-10(14(13)16-19-17)8-12(15-11)9-4-2-1-3-5-9/h1-8,18H. The van der Waals surface area contributed by atoms with Crippen LogP contribution in [0.25, 0.3) is 33.2 Å². The molecule has 5 heteroatoms. The summed E-state index contributed by atoms with van der Waals surface area (Å²) in [4.78, 5) is 5.23. The van der Waals surface area contributed by atoms with Gasteiger partial charge in [-0.3, -0.25) is 0 Å². The van der Waals surface area contributed by atoms with E-state index in [1.807, 2.05) is 42.5 Å². The summed E-state index contributed by atoms with van der Waals surface area (Å²) in [5.74, 6) is 0. The first-order chi connectivity index (χ1) is 9.33. The van der Waals surface area contributed by atoms with Crippen LogP contribution in [0.3, 0.4) is 0 Å². The van der Waals surface area contributed by atoms with Crippen LogP contribution in [-0.2, 0) is 0 Å². The van der Waals surface area contributed by atoms with Crippen LogP contribution in [-0.4, -0.2) is 20.3 Å². The molecule has 0 aliphatic rings. The van der Waals surface area contributed by atoms with Crippen LogP contribution in [0.2, 0.25) is 0 Å². The average molecular weight is 251 g/mol. The second-order valence-electron chi connectivity index (χ2n) is 4.32. The van der Waals surface area contributed by atoms with Crippen molar-refractivity contribution in [3.63, 3.8) is 0 Å². The van der Waals surface area contributed by atoms with Gasteiger partial charge >= 0.3 is 0 Å². The molecule has 0 bridgehead atoms. The van der Waals surface area contributed by atoms with Gasteiger partial charge < -0.3 is 5.21 Å². The van der Waals surface area contributed by atoms with Crippen molar-refractivity contribution in [1.82, 2.24) is 15.0 Å². The van der Waals surface area contributed by atoms with Gasteiger partial charge in [0.05, 0.1) is 11.2 Å². The van der Waals surface area contributed by atoms with Crippen molar-refractivity contribution in [2.24, 2.45) is 0 Å². The van der Waals surface area contributed by atoms with Gasteiger partial charge in [0, 0.05) is 10.9 Å². The minimum atomic E-state index is 0.527. The van der Waals surface area contributed by atoms with Gasteiger partial charge in [0.25, 0.3) is 0 Å². The topological polar surface area (TPSA) is 64.1 Å². The molecule has 0 aliphatic carbocycles. The number of aromatic nitrogens is 3. The highest BCUT2D eigenvalue weighted by atomic mass is 16.8. The van der Waals surface area contributed by atoms with Gasteiger partial charge in [-0.05, 0) is 28.3 Å². The predicted molar refractivity (Wildman–Crippen MR) is 69.9 cm³/mol. The van der Waals surface area contributed by atoms with Crippen LogP contribution in [0, 0.1) is 0 Å². The van der Waals surface area contributed by atoms with E-state index >= 15 is 0 Å². The highest BCUT2D eigenvalue weighted by molar-refractivity contribution is 6.04. The fourth-order valence-corrected chi connectivity index (χ4v) is 2.25. The van der Waals surface area contributed by atoms with Gasteiger partial charge in [0.1, 0.15) is 11.0 Å². The Morgan fingerprint density at radius 2 is 1.89 bits per heavy atom. The predicted octanol–water partition coefficient (Wildman–Crippen LogP) is 3.08. The molecule has 0 spiro atoms. The molecule has 0 atom stereocenters. The van der Waals surface area contributed by atoms with Crippen LogP contribution in [0.15, 0.2) is 53.2 Å². The summed E-state index contributed by atoms with van der Waals surface area (Å²) in [5.41, 5.74) is 3.90. The Kier molecular flexibility index (Phi) is 1.91. The third-order valence-corrected chi connectivity index (χ3v) is 3.18. The number of hydrogen-bond acceptors (Lipinski definition) is 4. The molecule has 0 fully saturated rings. The van der Waals surface area contributed by atoms with Crippen LogP contribution in [0.4, 0.5) is 0 Å². The molecular formula is C14H9N3O2. The Bertz CT molecular complexity index is 878. The molecule has 92 valence electrons. The van der Waals surface area contributed by atoms with Crippen LogP contribution in [0.5, 0.6) is 0 Å². The zero-order valence-corrected chi connectivity index (χ0v) is 9.82. The second-order valence-corrected chi connectivity index (χ2v) is 4.32. The Morgan fingerprint density at radius 1 is 1.05 bits per heavy atom. The van der Waals surface area contributed by atoms with Crippen molar-refractivity contribution in [3.05, 3.63) is 48.5 Å². The van der Waals surface area contributed by atoms with Crippen molar-refractivity contribution in [2.45, 2.75) is 0 Å². The minimum Gasteiger partial charge on any atom is -0.399 e. The molecule has 5 nitrogen and oxygen atoms in total. The number of hydrogen-bond donors (Lipinski definition) is 1. The molecule has 2 heterocycles. The molecule has 4 aromatic rings. The zero-order valence-electron chi connectivity index (χ0n) is 9.82. The largest absolute Gasteiger partial charge is 0.399 e. The Hall–Kier alpha value is -2.82. The van der Waals surface area contributed by atoms with Crippen molar-refractivity contribution in [3.8, 4) is 11.3 Å². The highest BCUT2D eigenvalue weighted by Crippen LogP contribution is 2.28. The Labute approximate surface area is 107 Å². The lowest BCUT2D eigenvalue weighted by Crippen LogP contribution is -1.84. The first-order valence-electron chi connectivity index (χ1n) is 5.86. The van der Waals surface area contributed by atoms with E-state index < -0.39 is 0 Å². The van der Waals surface area contributed by atoms with E-state index in [4.69, 9.17) is 4.63 Å². The fourth-order valence-electron chi connectivity index (χ4n) is 2.25. The van der Waals surface area contributed by atoms with Gasteiger partial charge in [0.15, 0.2) is 0 Å². The third kappa shape index (κ3) is 1.41. The lowest BCUT2D eigenvalue weighted by Gasteiger charge is -1.93. The summed E-state index contributed by atoms with van der Waals surface area (Å²) >= 11 is 0. The molecule has 0 saturated carbocycles. The van der Waals surface area contributed by atoms with Crippen LogP contribution < -0.4 is 0 Å². The summed E-state index contributed by atoms with van der Waals surface area (Å²) in [6, 6.07) is 15.5. The number of fused-ring (bicyclic) bond motifs is 3. The Morgan fingerprint density at radius 3 is 2.74 bits per heavy atom. The van der Waals surface area contributed by atoms with Crippen LogP contribution >= 0.6 is 0 Å². The lowest BCUT2D eigenvalue weighted by molar-refractivity contribution is -0.00914. The molecule has 19 heavy (non-hydrogen) atoms. The minimum absolute atomic E-state index is 0.527.